The van der Waals surface area contributed by atoms with E-state index < -0.39 is 17.9 Å². The maximum Gasteiger partial charge on any atom is 0.327 e. The van der Waals surface area contributed by atoms with Crippen molar-refractivity contribution in [3.63, 3.8) is 0 Å². The van der Waals surface area contributed by atoms with Crippen molar-refractivity contribution >= 4 is 30.2 Å². The number of allylic oxidation sites excluding steroid dienone is 1. The second-order valence-electron chi connectivity index (χ2n) is 6.88. The van der Waals surface area contributed by atoms with Crippen LogP contribution in [0.25, 0.3) is 0 Å². The van der Waals surface area contributed by atoms with E-state index in [0.29, 0.717) is 25.4 Å². The summed E-state index contributed by atoms with van der Waals surface area (Å²) in [6, 6.07) is -1.08. The molecule has 2 heterocycles. The van der Waals surface area contributed by atoms with E-state index in [2.05, 4.69) is 16.6 Å². The maximum atomic E-state index is 12.4. The average molecular weight is 398 g/mol. The molecule has 0 bridgehead atoms. The molecule has 7 nitrogen and oxygen atoms in total. The van der Waals surface area contributed by atoms with E-state index in [1.807, 2.05) is 6.08 Å². The normalized spacial score (nSPS) is 21.7. The number of hydrogen-bond donors (Lipinski definition) is 3. The summed E-state index contributed by atoms with van der Waals surface area (Å²) in [7, 11) is 0. The molecule has 2 rings (SSSR count). The van der Waals surface area contributed by atoms with Crippen molar-refractivity contribution in [1.82, 2.24) is 15.5 Å². The molecular weight excluding hydrogens is 370 g/mol. The SMILES string of the molecule is C#CC[C@H](NC(=O)C1CCCN(C(=O)/C=C/C2CCNCC2)C1)C(=O)O.Cl. The smallest absolute Gasteiger partial charge is 0.327 e. The Morgan fingerprint density at radius 3 is 2.63 bits per heavy atom. The molecule has 2 fully saturated rings. The number of piperidine rings is 2. The van der Waals surface area contributed by atoms with Crippen LogP contribution in [0.15, 0.2) is 12.2 Å². The highest BCUT2D eigenvalue weighted by Crippen LogP contribution is 2.18. The molecule has 2 saturated heterocycles. The van der Waals surface area contributed by atoms with Crippen molar-refractivity contribution < 1.29 is 19.5 Å². The number of rotatable bonds is 6. The fourth-order valence-corrected chi connectivity index (χ4v) is 3.36. The molecule has 0 radical (unpaired) electrons. The molecule has 0 aromatic heterocycles. The van der Waals surface area contributed by atoms with Gasteiger partial charge in [-0.15, -0.1) is 24.8 Å². The summed E-state index contributed by atoms with van der Waals surface area (Å²) in [4.78, 5) is 37.6. The molecule has 0 spiro atoms. The van der Waals surface area contributed by atoms with Gasteiger partial charge in [-0.25, -0.2) is 4.79 Å². The van der Waals surface area contributed by atoms with E-state index in [1.165, 1.54) is 0 Å². The largest absolute Gasteiger partial charge is 0.480 e. The first kappa shape index (κ1) is 23.0. The maximum absolute atomic E-state index is 12.4. The molecule has 0 saturated carbocycles. The number of likely N-dealkylation sites (tertiary alicyclic amines) is 1. The summed E-state index contributed by atoms with van der Waals surface area (Å²) in [5.74, 6) is 0.690. The summed E-state index contributed by atoms with van der Waals surface area (Å²) < 4.78 is 0. The van der Waals surface area contributed by atoms with Gasteiger partial charge < -0.3 is 20.6 Å². The fraction of sp³-hybridized carbons (Fsp3) is 0.632. The lowest BCUT2D eigenvalue weighted by molar-refractivity contribution is -0.143. The zero-order valence-corrected chi connectivity index (χ0v) is 16.2. The molecule has 8 heteroatoms. The molecule has 150 valence electrons. The van der Waals surface area contributed by atoms with Gasteiger partial charge in [0.2, 0.25) is 11.8 Å². The molecule has 2 atom stereocenters. The van der Waals surface area contributed by atoms with Crippen molar-refractivity contribution in [1.29, 1.82) is 0 Å². The van der Waals surface area contributed by atoms with Crippen LogP contribution in [-0.2, 0) is 14.4 Å². The van der Waals surface area contributed by atoms with E-state index >= 15 is 0 Å². The van der Waals surface area contributed by atoms with Gasteiger partial charge in [-0.3, -0.25) is 9.59 Å². The first-order valence-corrected chi connectivity index (χ1v) is 9.15. The average Bonchev–Trinajstić information content (AvgIpc) is 2.66. The second-order valence-corrected chi connectivity index (χ2v) is 6.88. The van der Waals surface area contributed by atoms with Crippen LogP contribution in [0.3, 0.4) is 0 Å². The predicted octanol–water partition coefficient (Wildman–Crippen LogP) is 0.795. The molecule has 2 aliphatic rings. The van der Waals surface area contributed by atoms with Crippen molar-refractivity contribution in [3.05, 3.63) is 12.2 Å². The lowest BCUT2D eigenvalue weighted by Gasteiger charge is -2.32. The number of hydrogen-bond acceptors (Lipinski definition) is 4. The van der Waals surface area contributed by atoms with E-state index in [1.54, 1.807) is 11.0 Å². The third kappa shape index (κ3) is 7.24. The van der Waals surface area contributed by atoms with Crippen LogP contribution < -0.4 is 10.6 Å². The van der Waals surface area contributed by atoms with E-state index in [9.17, 15) is 14.4 Å². The molecule has 0 aliphatic carbocycles. The number of nitrogens with one attached hydrogen (secondary N) is 2. The molecule has 2 amide bonds. The van der Waals surface area contributed by atoms with E-state index in [4.69, 9.17) is 11.5 Å². The molecule has 27 heavy (non-hydrogen) atoms. The topological polar surface area (TPSA) is 98.7 Å². The summed E-state index contributed by atoms with van der Waals surface area (Å²) in [5, 5.41) is 14.9. The van der Waals surface area contributed by atoms with Gasteiger partial charge in [-0.2, -0.15) is 0 Å². The quantitative estimate of drug-likeness (QED) is 0.454. The van der Waals surface area contributed by atoms with Gasteiger partial charge in [0, 0.05) is 19.5 Å². The van der Waals surface area contributed by atoms with Crippen molar-refractivity contribution in [2.24, 2.45) is 11.8 Å². The van der Waals surface area contributed by atoms with Gasteiger partial charge in [-0.1, -0.05) is 6.08 Å². The molecule has 0 aromatic carbocycles. The number of halogens is 1. The van der Waals surface area contributed by atoms with Gasteiger partial charge in [-0.05, 0) is 50.8 Å². The Balaban J connectivity index is 0.00000364. The van der Waals surface area contributed by atoms with Crippen molar-refractivity contribution in [2.75, 3.05) is 26.2 Å². The lowest BCUT2D eigenvalue weighted by Crippen LogP contribution is -2.49. The van der Waals surface area contributed by atoms with Crippen molar-refractivity contribution in [2.45, 2.75) is 38.1 Å². The Hall–Kier alpha value is -2.04. The van der Waals surface area contributed by atoms with Gasteiger partial charge in [0.25, 0.3) is 0 Å². The third-order valence-electron chi connectivity index (χ3n) is 4.94. The number of amides is 2. The van der Waals surface area contributed by atoms with E-state index in [-0.39, 0.29) is 30.6 Å². The van der Waals surface area contributed by atoms with Crippen LogP contribution in [-0.4, -0.2) is 60.0 Å². The molecule has 0 aromatic rings. The highest BCUT2D eigenvalue weighted by atomic mass is 35.5. The minimum absolute atomic E-state index is 0. The first-order valence-electron chi connectivity index (χ1n) is 9.15. The Kier molecular flexibility index (Phi) is 9.90. The molecule has 3 N–H and O–H groups in total. The zero-order valence-electron chi connectivity index (χ0n) is 15.4. The number of carbonyl (C=O) groups is 3. The minimum atomic E-state index is -1.15. The van der Waals surface area contributed by atoms with Crippen LogP contribution in [0, 0.1) is 24.2 Å². The Morgan fingerprint density at radius 2 is 2.00 bits per heavy atom. The molecule has 2 aliphatic heterocycles. The Morgan fingerprint density at radius 1 is 1.30 bits per heavy atom. The second kappa shape index (κ2) is 11.6. The molecule has 1 unspecified atom stereocenters. The Labute approximate surface area is 166 Å². The Bertz CT molecular complexity index is 596. The summed E-state index contributed by atoms with van der Waals surface area (Å²) >= 11 is 0. The summed E-state index contributed by atoms with van der Waals surface area (Å²) in [5.41, 5.74) is 0. The monoisotopic (exact) mass is 397 g/mol. The number of carboxylic acids is 1. The number of nitrogens with zero attached hydrogens (tertiary/aromatic N) is 1. The highest BCUT2D eigenvalue weighted by Gasteiger charge is 2.30. The first-order chi connectivity index (χ1) is 12.5. The minimum Gasteiger partial charge on any atom is -0.480 e. The zero-order chi connectivity index (χ0) is 18.9. The lowest BCUT2D eigenvalue weighted by atomic mass is 9.95. The highest BCUT2D eigenvalue weighted by molar-refractivity contribution is 5.89. The third-order valence-corrected chi connectivity index (χ3v) is 4.94. The standard InChI is InChI=1S/C19H27N3O4.ClH/c1-2-4-16(19(25)26)21-18(24)15-5-3-12-22(13-15)17(23)7-6-14-8-10-20-11-9-14;/h1,6-7,14-16,20H,3-5,8-13H2,(H,21,24)(H,25,26);1H/b7-6+;/t15?,16-;/m0./s1. The van der Waals surface area contributed by atoms with Crippen LogP contribution in [0.4, 0.5) is 0 Å². The summed E-state index contributed by atoms with van der Waals surface area (Å²) in [6.07, 6.45) is 12.1. The van der Waals surface area contributed by atoms with Gasteiger partial charge >= 0.3 is 5.97 Å². The van der Waals surface area contributed by atoms with Crippen LogP contribution in [0.2, 0.25) is 0 Å². The van der Waals surface area contributed by atoms with Gasteiger partial charge in [0.15, 0.2) is 0 Å². The number of carbonyl (C=O) groups excluding carboxylic acids is 2. The van der Waals surface area contributed by atoms with Crippen molar-refractivity contribution in [3.8, 4) is 12.3 Å². The van der Waals surface area contributed by atoms with Gasteiger partial charge in [0.1, 0.15) is 6.04 Å². The number of aliphatic carboxylic acids is 1. The van der Waals surface area contributed by atoms with E-state index in [0.717, 1.165) is 32.4 Å². The van der Waals surface area contributed by atoms with Gasteiger partial charge in [0.05, 0.1) is 5.92 Å². The number of carboxylic acid groups (broad SMARTS) is 1. The van der Waals surface area contributed by atoms with Crippen LogP contribution in [0.1, 0.15) is 32.1 Å². The summed E-state index contributed by atoms with van der Waals surface area (Å²) in [6.45, 7) is 2.87. The predicted molar refractivity (Wildman–Crippen MR) is 104 cm³/mol. The van der Waals surface area contributed by atoms with Crippen LogP contribution >= 0.6 is 12.4 Å². The van der Waals surface area contributed by atoms with Crippen LogP contribution in [0.5, 0.6) is 0 Å². The fourth-order valence-electron chi connectivity index (χ4n) is 3.36. The molecular formula is C19H28ClN3O4. The number of terminal acetylenes is 1.